The van der Waals surface area contributed by atoms with Gasteiger partial charge in [-0.15, -0.1) is 10.3 Å². The molecule has 0 radical (unpaired) electrons. The van der Waals surface area contributed by atoms with Gasteiger partial charge in [-0.25, -0.2) is 4.79 Å². The first-order valence-corrected chi connectivity index (χ1v) is 3.97. The third-order valence-corrected chi connectivity index (χ3v) is 1.56. The van der Waals surface area contributed by atoms with E-state index in [-0.39, 0.29) is 5.17 Å². The minimum absolute atomic E-state index is 0.0847. The van der Waals surface area contributed by atoms with Crippen LogP contribution in [0.25, 0.3) is 0 Å². The van der Waals surface area contributed by atoms with E-state index >= 15 is 0 Å². The molecule has 1 heterocycles. The first-order valence-electron chi connectivity index (χ1n) is 3.97. The van der Waals surface area contributed by atoms with E-state index in [4.69, 9.17) is 0 Å². The lowest BCUT2D eigenvalue weighted by Crippen LogP contribution is -2.36. The maximum Gasteiger partial charge on any atom is 0.493 e. The van der Waals surface area contributed by atoms with Crippen LogP contribution in [0, 0.1) is 0 Å². The first kappa shape index (κ1) is 13.3. The molecule has 0 aromatic carbocycles. The zero-order valence-electron chi connectivity index (χ0n) is 7.84. The summed E-state index contributed by atoms with van der Waals surface area (Å²) in [4.78, 5) is 13.9. The number of hydrogen-bond donors (Lipinski definition) is 0. The molecule has 0 bridgehead atoms. The molecule has 0 saturated carbocycles. The number of rotatable bonds is 1. The van der Waals surface area contributed by atoms with Crippen molar-refractivity contribution in [3.05, 3.63) is 11.6 Å². The Morgan fingerprint density at radius 3 is 2.35 bits per heavy atom. The summed E-state index contributed by atoms with van der Waals surface area (Å²) in [7, 11) is 0. The molecule has 0 aromatic rings. The van der Waals surface area contributed by atoms with E-state index in [1.807, 2.05) is 0 Å². The van der Waals surface area contributed by atoms with Crippen molar-refractivity contribution in [2.75, 3.05) is 6.54 Å². The van der Waals surface area contributed by atoms with E-state index in [0.29, 0.717) is 12.3 Å². The molecule has 0 fully saturated rings. The van der Waals surface area contributed by atoms with E-state index in [9.17, 15) is 31.1 Å². The Labute approximate surface area is 90.1 Å². The van der Waals surface area contributed by atoms with Crippen LogP contribution in [-0.2, 0) is 9.63 Å². The quantitative estimate of drug-likeness (QED) is 0.676. The number of allylic oxidation sites excluding steroid dienone is 1. The minimum atomic E-state index is -5.30. The van der Waals surface area contributed by atoms with Crippen LogP contribution in [0.3, 0.4) is 0 Å². The van der Waals surface area contributed by atoms with Gasteiger partial charge in [-0.3, -0.25) is 0 Å². The fourth-order valence-corrected chi connectivity index (χ4v) is 0.824. The number of hydrogen-bond acceptors (Lipinski definition) is 4. The average Bonchev–Trinajstić information content (AvgIpc) is 2.15. The van der Waals surface area contributed by atoms with Crippen LogP contribution in [0.1, 0.15) is 0 Å². The van der Waals surface area contributed by atoms with Gasteiger partial charge in [0.1, 0.15) is 6.54 Å². The first-order chi connectivity index (χ1) is 7.60. The Balaban J connectivity index is 2.65. The van der Waals surface area contributed by atoms with Crippen molar-refractivity contribution in [1.29, 1.82) is 0 Å². The Hall–Kier alpha value is -1.74. The maximum atomic E-state index is 12.2. The summed E-state index contributed by atoms with van der Waals surface area (Å²) in [6, 6.07) is 0. The molecule has 4 nitrogen and oxygen atoms in total. The highest BCUT2D eigenvalue weighted by Gasteiger charge is 2.44. The van der Waals surface area contributed by atoms with Crippen LogP contribution in [-0.4, -0.2) is 36.3 Å². The van der Waals surface area contributed by atoms with Crippen molar-refractivity contribution >= 4 is 12.2 Å². The van der Waals surface area contributed by atoms with Gasteiger partial charge in [0.15, 0.2) is 0 Å². The molecule has 0 spiro atoms. The van der Waals surface area contributed by atoms with E-state index in [2.05, 4.69) is 9.94 Å². The SMILES string of the molecule is O=C(ON1CC(C(F)(F)F)=CC=N1)C(F)(F)F. The molecule has 10 heteroatoms. The number of halogens is 6. The van der Waals surface area contributed by atoms with Gasteiger partial charge in [-0.05, 0) is 6.08 Å². The Morgan fingerprint density at radius 1 is 1.29 bits per heavy atom. The smallest absolute Gasteiger partial charge is 0.314 e. The predicted molar refractivity (Wildman–Crippen MR) is 41.5 cm³/mol. The van der Waals surface area contributed by atoms with Gasteiger partial charge in [-0.2, -0.15) is 26.3 Å². The highest BCUT2D eigenvalue weighted by atomic mass is 19.4. The predicted octanol–water partition coefficient (Wildman–Crippen LogP) is 1.80. The largest absolute Gasteiger partial charge is 0.493 e. The zero-order valence-corrected chi connectivity index (χ0v) is 7.84. The van der Waals surface area contributed by atoms with E-state index < -0.39 is 30.4 Å². The van der Waals surface area contributed by atoms with Crippen LogP contribution in [0.4, 0.5) is 26.3 Å². The van der Waals surface area contributed by atoms with Crippen molar-refractivity contribution < 1.29 is 36.0 Å². The lowest BCUT2D eigenvalue weighted by Gasteiger charge is -2.22. The summed E-state index contributed by atoms with van der Waals surface area (Å²) < 4.78 is 71.7. The molecule has 0 aromatic heterocycles. The zero-order chi connectivity index (χ0) is 13.3. The summed E-state index contributed by atoms with van der Waals surface area (Å²) in [5, 5.41) is 2.95. The second-order valence-corrected chi connectivity index (χ2v) is 2.84. The monoisotopic (exact) mass is 262 g/mol. The lowest BCUT2D eigenvalue weighted by atomic mass is 10.2. The number of alkyl halides is 6. The van der Waals surface area contributed by atoms with Gasteiger partial charge in [0.05, 0.1) is 11.8 Å². The Bertz CT molecular complexity index is 368. The molecular weight excluding hydrogens is 258 g/mol. The van der Waals surface area contributed by atoms with Crippen molar-refractivity contribution in [3.8, 4) is 0 Å². The second kappa shape index (κ2) is 4.26. The van der Waals surface area contributed by atoms with Gasteiger partial charge in [0.25, 0.3) is 0 Å². The number of carbonyl (C=O) groups excluding carboxylic acids is 1. The number of hydrazone groups is 1. The summed E-state index contributed by atoms with van der Waals surface area (Å²) in [6.45, 7) is -1.10. The highest BCUT2D eigenvalue weighted by Crippen LogP contribution is 2.28. The molecule has 0 N–H and O–H groups in total. The minimum Gasteiger partial charge on any atom is -0.314 e. The molecule has 0 amide bonds. The molecule has 96 valence electrons. The van der Waals surface area contributed by atoms with Crippen LogP contribution in [0.2, 0.25) is 0 Å². The second-order valence-electron chi connectivity index (χ2n) is 2.84. The fraction of sp³-hybridized carbons (Fsp3) is 0.429. The lowest BCUT2D eigenvalue weighted by molar-refractivity contribution is -0.239. The van der Waals surface area contributed by atoms with Crippen molar-refractivity contribution in [2.45, 2.75) is 12.4 Å². The molecule has 0 atom stereocenters. The normalized spacial score (nSPS) is 16.8. The summed E-state index contributed by atoms with van der Waals surface area (Å²) >= 11 is 0. The maximum absolute atomic E-state index is 12.2. The van der Waals surface area contributed by atoms with Crippen molar-refractivity contribution in [1.82, 2.24) is 5.17 Å². The summed E-state index contributed by atoms with van der Waals surface area (Å²) in [5.74, 6) is -2.64. The summed E-state index contributed by atoms with van der Waals surface area (Å²) in [6.07, 6.45) is -8.88. The summed E-state index contributed by atoms with van der Waals surface area (Å²) in [5.41, 5.74) is -1.18. The molecule has 0 aliphatic carbocycles. The van der Waals surface area contributed by atoms with Gasteiger partial charge >= 0.3 is 18.3 Å². The van der Waals surface area contributed by atoms with Crippen molar-refractivity contribution in [2.24, 2.45) is 5.10 Å². The van der Waals surface area contributed by atoms with Gasteiger partial charge in [0, 0.05) is 0 Å². The van der Waals surface area contributed by atoms with Crippen LogP contribution in [0.15, 0.2) is 16.8 Å². The number of nitrogens with zero attached hydrogens (tertiary/aromatic N) is 2. The molecule has 1 rings (SSSR count). The number of carbonyl (C=O) groups is 1. The van der Waals surface area contributed by atoms with Gasteiger partial charge in [-0.1, -0.05) is 0 Å². The molecule has 1 aliphatic rings. The van der Waals surface area contributed by atoms with Crippen molar-refractivity contribution in [3.63, 3.8) is 0 Å². The van der Waals surface area contributed by atoms with Crippen LogP contribution < -0.4 is 0 Å². The van der Waals surface area contributed by atoms with Crippen LogP contribution >= 0.6 is 0 Å². The third-order valence-electron chi connectivity index (χ3n) is 1.56. The Kier molecular flexibility index (Phi) is 3.34. The third kappa shape index (κ3) is 3.64. The van der Waals surface area contributed by atoms with E-state index in [1.165, 1.54) is 0 Å². The highest BCUT2D eigenvalue weighted by molar-refractivity contribution is 5.76. The van der Waals surface area contributed by atoms with Gasteiger partial charge in [0.2, 0.25) is 0 Å². The topological polar surface area (TPSA) is 41.9 Å². The van der Waals surface area contributed by atoms with Gasteiger partial charge < -0.3 is 4.84 Å². The molecule has 1 aliphatic heterocycles. The fourth-order valence-electron chi connectivity index (χ4n) is 0.824. The average molecular weight is 262 g/mol. The molecular formula is C7H4F6N2O2. The number of hydroxylamine groups is 1. The van der Waals surface area contributed by atoms with E-state index in [0.717, 1.165) is 0 Å². The van der Waals surface area contributed by atoms with E-state index in [1.54, 1.807) is 0 Å². The van der Waals surface area contributed by atoms with Crippen LogP contribution in [0.5, 0.6) is 0 Å². The Morgan fingerprint density at radius 2 is 1.88 bits per heavy atom. The molecule has 0 saturated heterocycles. The molecule has 17 heavy (non-hydrogen) atoms. The molecule has 0 unspecified atom stereocenters. The standard InChI is InChI=1S/C7H4F6N2O2/c8-6(9,10)4-1-2-14-15(3-4)17-5(16)7(11,12)13/h1-2H,3H2.